The molecule has 0 bridgehead atoms. The third-order valence-corrected chi connectivity index (χ3v) is 4.67. The quantitative estimate of drug-likeness (QED) is 0.520. The highest BCUT2D eigenvalue weighted by atomic mass is 16.5. The molecule has 30 heavy (non-hydrogen) atoms. The highest BCUT2D eigenvalue weighted by molar-refractivity contribution is 5.96. The number of aromatic nitrogens is 2. The summed E-state index contributed by atoms with van der Waals surface area (Å²) in [5.74, 6) is 1.41. The van der Waals surface area contributed by atoms with E-state index in [1.165, 1.54) is 0 Å². The van der Waals surface area contributed by atoms with Crippen LogP contribution in [-0.4, -0.2) is 35.7 Å². The molecule has 0 radical (unpaired) electrons. The third-order valence-electron chi connectivity index (χ3n) is 4.67. The number of hydrogen-bond donors (Lipinski definition) is 1. The van der Waals surface area contributed by atoms with Crippen molar-refractivity contribution in [2.24, 2.45) is 0 Å². The van der Waals surface area contributed by atoms with Gasteiger partial charge in [0.25, 0.3) is 0 Å². The van der Waals surface area contributed by atoms with E-state index < -0.39 is 0 Å². The number of benzene rings is 2. The first kappa shape index (κ1) is 21.1. The Morgan fingerprint density at radius 2 is 1.53 bits per heavy atom. The number of rotatable bonds is 10. The van der Waals surface area contributed by atoms with Gasteiger partial charge >= 0.3 is 0 Å². The lowest BCUT2D eigenvalue weighted by atomic mass is 10.1. The van der Waals surface area contributed by atoms with Crippen LogP contribution in [0.1, 0.15) is 35.3 Å². The average molecular weight is 407 g/mol. The van der Waals surface area contributed by atoms with Gasteiger partial charge < -0.3 is 14.8 Å². The van der Waals surface area contributed by atoms with E-state index in [2.05, 4.69) is 10.4 Å². The first-order valence-corrected chi connectivity index (χ1v) is 9.72. The molecule has 0 saturated heterocycles. The minimum atomic E-state index is -0.100. The van der Waals surface area contributed by atoms with Crippen molar-refractivity contribution in [1.29, 1.82) is 0 Å². The van der Waals surface area contributed by atoms with E-state index in [0.717, 1.165) is 17.1 Å². The molecule has 0 atom stereocenters. The van der Waals surface area contributed by atoms with Gasteiger partial charge in [-0.15, -0.1) is 0 Å². The molecule has 1 heterocycles. The van der Waals surface area contributed by atoms with Gasteiger partial charge in [-0.2, -0.15) is 5.10 Å². The SMILES string of the molecule is COc1ccc(C(=O)CCCC(=O)NCc2ccn(-c3ccc(OC)cc3)n2)cc1. The Bertz CT molecular complexity index is 978. The molecular formula is C23H25N3O4. The number of carbonyl (C=O) groups is 2. The number of nitrogens with zero attached hydrogens (tertiary/aromatic N) is 2. The number of amides is 1. The standard InChI is InChI=1S/C23H25N3O4/c1-29-20-10-6-17(7-11-20)22(27)4-3-5-23(28)24-16-18-14-15-26(25-18)19-8-12-21(30-2)13-9-19/h6-15H,3-5,16H2,1-2H3,(H,24,28). The summed E-state index contributed by atoms with van der Waals surface area (Å²) in [4.78, 5) is 24.3. The van der Waals surface area contributed by atoms with Gasteiger partial charge in [0.1, 0.15) is 11.5 Å². The van der Waals surface area contributed by atoms with Gasteiger partial charge in [0.15, 0.2) is 5.78 Å². The highest BCUT2D eigenvalue weighted by Gasteiger charge is 2.09. The predicted octanol–water partition coefficient (Wildman–Crippen LogP) is 3.56. The average Bonchev–Trinajstić information content (AvgIpc) is 3.27. The lowest BCUT2D eigenvalue weighted by molar-refractivity contribution is -0.121. The molecule has 7 nitrogen and oxygen atoms in total. The Labute approximate surface area is 175 Å². The van der Waals surface area contributed by atoms with E-state index in [9.17, 15) is 9.59 Å². The Hall–Kier alpha value is -3.61. The van der Waals surface area contributed by atoms with Crippen LogP contribution >= 0.6 is 0 Å². The molecule has 0 saturated carbocycles. The largest absolute Gasteiger partial charge is 0.497 e. The molecule has 7 heteroatoms. The highest BCUT2D eigenvalue weighted by Crippen LogP contribution is 2.15. The lowest BCUT2D eigenvalue weighted by Gasteiger charge is -2.05. The molecule has 0 spiro atoms. The molecular weight excluding hydrogens is 382 g/mol. The summed E-state index contributed by atoms with van der Waals surface area (Å²) in [6, 6.07) is 16.4. The molecule has 0 fully saturated rings. The van der Waals surface area contributed by atoms with Gasteiger partial charge in [0, 0.05) is 24.6 Å². The molecule has 1 aromatic heterocycles. The Morgan fingerprint density at radius 1 is 0.900 bits per heavy atom. The van der Waals surface area contributed by atoms with Crippen LogP contribution in [0.2, 0.25) is 0 Å². The molecule has 0 unspecified atom stereocenters. The second kappa shape index (κ2) is 10.2. The van der Waals surface area contributed by atoms with Crippen molar-refractivity contribution >= 4 is 11.7 Å². The maximum absolute atomic E-state index is 12.2. The third kappa shape index (κ3) is 5.70. The molecule has 3 aromatic rings. The zero-order valence-electron chi connectivity index (χ0n) is 17.1. The van der Waals surface area contributed by atoms with Crippen LogP contribution in [0.4, 0.5) is 0 Å². The Balaban J connectivity index is 1.41. The van der Waals surface area contributed by atoms with Gasteiger partial charge in [0.2, 0.25) is 5.91 Å². The second-order valence-electron chi connectivity index (χ2n) is 6.73. The lowest BCUT2D eigenvalue weighted by Crippen LogP contribution is -2.23. The molecule has 2 aromatic carbocycles. The van der Waals surface area contributed by atoms with E-state index in [0.29, 0.717) is 37.1 Å². The normalized spacial score (nSPS) is 10.5. The van der Waals surface area contributed by atoms with Crippen LogP contribution in [0.25, 0.3) is 5.69 Å². The van der Waals surface area contributed by atoms with Gasteiger partial charge in [-0.1, -0.05) is 0 Å². The number of ketones is 1. The molecule has 1 N–H and O–H groups in total. The van der Waals surface area contributed by atoms with E-state index in [4.69, 9.17) is 9.47 Å². The summed E-state index contributed by atoms with van der Waals surface area (Å²) < 4.78 is 12.0. The van der Waals surface area contributed by atoms with Gasteiger partial charge in [-0.25, -0.2) is 4.68 Å². The Morgan fingerprint density at radius 3 is 2.17 bits per heavy atom. The van der Waals surface area contributed by atoms with Crippen molar-refractivity contribution in [2.75, 3.05) is 14.2 Å². The predicted molar refractivity (Wildman–Crippen MR) is 113 cm³/mol. The monoisotopic (exact) mass is 407 g/mol. The maximum atomic E-state index is 12.2. The van der Waals surface area contributed by atoms with Crippen LogP contribution < -0.4 is 14.8 Å². The van der Waals surface area contributed by atoms with Gasteiger partial charge in [0.05, 0.1) is 32.1 Å². The topological polar surface area (TPSA) is 82.5 Å². The van der Waals surface area contributed by atoms with Crippen LogP contribution in [0.5, 0.6) is 11.5 Å². The van der Waals surface area contributed by atoms with E-state index in [1.807, 2.05) is 36.5 Å². The molecule has 0 aliphatic carbocycles. The van der Waals surface area contributed by atoms with Crippen LogP contribution in [-0.2, 0) is 11.3 Å². The Kier molecular flexibility index (Phi) is 7.21. The molecule has 1 amide bonds. The second-order valence-corrected chi connectivity index (χ2v) is 6.73. The molecule has 0 aliphatic heterocycles. The minimum absolute atomic E-state index is 0.0173. The first-order valence-electron chi connectivity index (χ1n) is 9.72. The zero-order chi connectivity index (χ0) is 21.3. The number of ether oxygens (including phenoxy) is 2. The van der Waals surface area contributed by atoms with E-state index in [-0.39, 0.29) is 11.7 Å². The summed E-state index contributed by atoms with van der Waals surface area (Å²) in [5.41, 5.74) is 2.29. The first-order chi connectivity index (χ1) is 14.6. The van der Waals surface area contributed by atoms with Gasteiger partial charge in [-0.3, -0.25) is 9.59 Å². The van der Waals surface area contributed by atoms with E-state index >= 15 is 0 Å². The summed E-state index contributed by atoms with van der Waals surface area (Å²) >= 11 is 0. The van der Waals surface area contributed by atoms with Crippen molar-refractivity contribution in [3.8, 4) is 17.2 Å². The fourth-order valence-electron chi connectivity index (χ4n) is 2.94. The van der Waals surface area contributed by atoms with Crippen LogP contribution in [0.15, 0.2) is 60.8 Å². The number of carbonyl (C=O) groups excluding carboxylic acids is 2. The summed E-state index contributed by atoms with van der Waals surface area (Å²) in [6.07, 6.45) is 2.96. The number of methoxy groups -OCH3 is 2. The van der Waals surface area contributed by atoms with Crippen molar-refractivity contribution in [1.82, 2.24) is 15.1 Å². The van der Waals surface area contributed by atoms with Crippen molar-refractivity contribution in [3.63, 3.8) is 0 Å². The molecule has 3 rings (SSSR count). The van der Waals surface area contributed by atoms with Crippen molar-refractivity contribution in [2.45, 2.75) is 25.8 Å². The summed E-state index contributed by atoms with van der Waals surface area (Å²) in [6.45, 7) is 0.342. The number of nitrogens with one attached hydrogen (secondary N) is 1. The van der Waals surface area contributed by atoms with Gasteiger partial charge in [-0.05, 0) is 61.0 Å². The molecule has 0 aliphatic rings. The number of Topliss-reactive ketones (excluding diaryl/α,β-unsaturated/α-hetero) is 1. The number of hydrogen-bond acceptors (Lipinski definition) is 5. The fourth-order valence-corrected chi connectivity index (χ4v) is 2.94. The summed E-state index contributed by atoms with van der Waals surface area (Å²) in [7, 11) is 3.21. The summed E-state index contributed by atoms with van der Waals surface area (Å²) in [5, 5.41) is 7.31. The fraction of sp³-hybridized carbons (Fsp3) is 0.261. The van der Waals surface area contributed by atoms with E-state index in [1.54, 1.807) is 43.2 Å². The van der Waals surface area contributed by atoms with Crippen LogP contribution in [0.3, 0.4) is 0 Å². The zero-order valence-corrected chi connectivity index (χ0v) is 17.1. The maximum Gasteiger partial charge on any atom is 0.220 e. The minimum Gasteiger partial charge on any atom is -0.497 e. The van der Waals surface area contributed by atoms with Crippen molar-refractivity contribution in [3.05, 3.63) is 72.1 Å². The smallest absolute Gasteiger partial charge is 0.220 e. The van der Waals surface area contributed by atoms with Crippen molar-refractivity contribution < 1.29 is 19.1 Å². The van der Waals surface area contributed by atoms with Crippen LogP contribution in [0, 0.1) is 0 Å². The molecule has 156 valence electrons.